The molecule has 1 heterocycles. The lowest BCUT2D eigenvalue weighted by molar-refractivity contribution is 0.281. The molecule has 1 unspecified atom stereocenters. The summed E-state index contributed by atoms with van der Waals surface area (Å²) < 4.78 is 0. The SMILES string of the molecule is Cc1cc(C)c(C#N)c(NC(C)CO)n1. The minimum atomic E-state index is -0.106. The van der Waals surface area contributed by atoms with E-state index in [2.05, 4.69) is 16.4 Å². The average molecular weight is 205 g/mol. The van der Waals surface area contributed by atoms with Gasteiger partial charge in [-0.1, -0.05) is 0 Å². The Kier molecular flexibility index (Phi) is 3.64. The van der Waals surface area contributed by atoms with Gasteiger partial charge in [-0.3, -0.25) is 0 Å². The number of aryl methyl sites for hydroxylation is 2. The molecule has 4 heteroatoms. The van der Waals surface area contributed by atoms with Crippen LogP contribution in [-0.4, -0.2) is 22.7 Å². The summed E-state index contributed by atoms with van der Waals surface area (Å²) in [5, 5.41) is 20.9. The van der Waals surface area contributed by atoms with Crippen molar-refractivity contribution in [2.45, 2.75) is 26.8 Å². The van der Waals surface area contributed by atoms with Crippen LogP contribution >= 0.6 is 0 Å². The van der Waals surface area contributed by atoms with E-state index in [1.165, 1.54) is 0 Å². The summed E-state index contributed by atoms with van der Waals surface area (Å²) in [6.07, 6.45) is 0. The molecule has 0 fully saturated rings. The predicted octanol–water partition coefficient (Wildman–Crippen LogP) is 1.36. The zero-order chi connectivity index (χ0) is 11.4. The fourth-order valence-electron chi connectivity index (χ4n) is 1.36. The first kappa shape index (κ1) is 11.5. The molecule has 0 aliphatic heterocycles. The third-order valence-electron chi connectivity index (χ3n) is 2.11. The summed E-state index contributed by atoms with van der Waals surface area (Å²) in [6.45, 7) is 5.60. The topological polar surface area (TPSA) is 68.9 Å². The molecule has 1 atom stereocenters. The molecule has 0 aromatic carbocycles. The van der Waals surface area contributed by atoms with Crippen LogP contribution in [0.5, 0.6) is 0 Å². The van der Waals surface area contributed by atoms with E-state index < -0.39 is 0 Å². The molecule has 0 saturated carbocycles. The van der Waals surface area contributed by atoms with Crippen molar-refractivity contribution in [1.29, 1.82) is 5.26 Å². The minimum Gasteiger partial charge on any atom is -0.394 e. The largest absolute Gasteiger partial charge is 0.394 e. The maximum atomic E-state index is 8.98. The van der Waals surface area contributed by atoms with Gasteiger partial charge < -0.3 is 10.4 Å². The predicted molar refractivity (Wildman–Crippen MR) is 58.6 cm³/mol. The van der Waals surface area contributed by atoms with Gasteiger partial charge in [0.2, 0.25) is 0 Å². The second-order valence-electron chi connectivity index (χ2n) is 3.64. The van der Waals surface area contributed by atoms with Crippen LogP contribution in [0.3, 0.4) is 0 Å². The molecule has 0 bridgehead atoms. The Morgan fingerprint density at radius 2 is 2.27 bits per heavy atom. The molecule has 1 aromatic rings. The Balaban J connectivity index is 3.10. The van der Waals surface area contributed by atoms with E-state index in [9.17, 15) is 0 Å². The molecule has 1 rings (SSSR count). The zero-order valence-electron chi connectivity index (χ0n) is 9.20. The normalized spacial score (nSPS) is 11.9. The molecular weight excluding hydrogens is 190 g/mol. The number of nitrogens with one attached hydrogen (secondary N) is 1. The van der Waals surface area contributed by atoms with Gasteiger partial charge in [0.15, 0.2) is 0 Å². The lowest BCUT2D eigenvalue weighted by atomic mass is 10.1. The van der Waals surface area contributed by atoms with Gasteiger partial charge in [-0.05, 0) is 32.4 Å². The second kappa shape index (κ2) is 4.76. The number of aliphatic hydroxyl groups is 1. The van der Waals surface area contributed by atoms with Gasteiger partial charge in [0.05, 0.1) is 12.2 Å². The van der Waals surface area contributed by atoms with Crippen LogP contribution in [0.25, 0.3) is 0 Å². The molecule has 15 heavy (non-hydrogen) atoms. The number of anilines is 1. The van der Waals surface area contributed by atoms with Crippen LogP contribution in [0, 0.1) is 25.2 Å². The highest BCUT2D eigenvalue weighted by atomic mass is 16.3. The second-order valence-corrected chi connectivity index (χ2v) is 3.64. The van der Waals surface area contributed by atoms with E-state index in [1.54, 1.807) is 0 Å². The van der Waals surface area contributed by atoms with Crippen LogP contribution in [0.2, 0.25) is 0 Å². The highest BCUT2D eigenvalue weighted by molar-refractivity contribution is 5.56. The van der Waals surface area contributed by atoms with Crippen molar-refractivity contribution in [3.05, 3.63) is 22.9 Å². The fraction of sp³-hybridized carbons (Fsp3) is 0.455. The van der Waals surface area contributed by atoms with Gasteiger partial charge in [-0.2, -0.15) is 5.26 Å². The van der Waals surface area contributed by atoms with Crippen LogP contribution in [0.1, 0.15) is 23.7 Å². The van der Waals surface area contributed by atoms with Crippen molar-refractivity contribution in [2.24, 2.45) is 0 Å². The maximum absolute atomic E-state index is 8.98. The first-order valence-corrected chi connectivity index (χ1v) is 4.84. The number of nitriles is 1. The van der Waals surface area contributed by atoms with Crippen molar-refractivity contribution < 1.29 is 5.11 Å². The average Bonchev–Trinajstić information content (AvgIpc) is 2.17. The molecule has 0 aliphatic rings. The van der Waals surface area contributed by atoms with Crippen molar-refractivity contribution in [2.75, 3.05) is 11.9 Å². The lowest BCUT2D eigenvalue weighted by Crippen LogP contribution is -2.21. The summed E-state index contributed by atoms with van der Waals surface area (Å²) in [7, 11) is 0. The van der Waals surface area contributed by atoms with Crippen LogP contribution in [-0.2, 0) is 0 Å². The zero-order valence-corrected chi connectivity index (χ0v) is 9.20. The smallest absolute Gasteiger partial charge is 0.144 e. The van der Waals surface area contributed by atoms with Gasteiger partial charge in [-0.15, -0.1) is 0 Å². The highest BCUT2D eigenvalue weighted by Gasteiger charge is 2.10. The molecule has 80 valence electrons. The monoisotopic (exact) mass is 205 g/mol. The number of nitrogens with zero attached hydrogens (tertiary/aromatic N) is 2. The molecule has 0 aliphatic carbocycles. The van der Waals surface area contributed by atoms with Crippen molar-refractivity contribution in [3.63, 3.8) is 0 Å². The van der Waals surface area contributed by atoms with Crippen molar-refractivity contribution >= 4 is 5.82 Å². The summed E-state index contributed by atoms with van der Waals surface area (Å²) in [5.41, 5.74) is 2.30. The number of pyridine rings is 1. The van der Waals surface area contributed by atoms with Crippen LogP contribution in [0.15, 0.2) is 6.07 Å². The van der Waals surface area contributed by atoms with Crippen LogP contribution in [0.4, 0.5) is 5.82 Å². The van der Waals surface area contributed by atoms with E-state index in [0.717, 1.165) is 11.3 Å². The Hall–Kier alpha value is -1.60. The molecule has 0 amide bonds. The van der Waals surface area contributed by atoms with E-state index >= 15 is 0 Å². The quantitative estimate of drug-likeness (QED) is 0.781. The Morgan fingerprint density at radius 3 is 2.80 bits per heavy atom. The Labute approximate surface area is 89.6 Å². The van der Waals surface area contributed by atoms with Gasteiger partial charge in [0.1, 0.15) is 11.9 Å². The van der Waals surface area contributed by atoms with E-state index in [1.807, 2.05) is 26.8 Å². The summed E-state index contributed by atoms with van der Waals surface area (Å²) in [4.78, 5) is 4.25. The minimum absolute atomic E-state index is 0.0134. The number of hydrogen-bond acceptors (Lipinski definition) is 4. The third-order valence-corrected chi connectivity index (χ3v) is 2.11. The van der Waals surface area contributed by atoms with E-state index in [4.69, 9.17) is 10.4 Å². The van der Waals surface area contributed by atoms with Gasteiger partial charge >= 0.3 is 0 Å². The van der Waals surface area contributed by atoms with Crippen molar-refractivity contribution in [1.82, 2.24) is 4.98 Å². The number of aromatic nitrogens is 1. The summed E-state index contributed by atoms with van der Waals surface area (Å²) >= 11 is 0. The van der Waals surface area contributed by atoms with E-state index in [-0.39, 0.29) is 12.6 Å². The molecular formula is C11H15N3O. The first-order chi connectivity index (χ1) is 7.08. The Bertz CT molecular complexity index is 396. The Morgan fingerprint density at radius 1 is 1.60 bits per heavy atom. The molecule has 1 aromatic heterocycles. The maximum Gasteiger partial charge on any atom is 0.144 e. The first-order valence-electron chi connectivity index (χ1n) is 4.84. The molecule has 0 saturated heterocycles. The van der Waals surface area contributed by atoms with Gasteiger partial charge in [0.25, 0.3) is 0 Å². The van der Waals surface area contributed by atoms with Gasteiger partial charge in [0, 0.05) is 11.7 Å². The van der Waals surface area contributed by atoms with E-state index in [0.29, 0.717) is 11.4 Å². The molecule has 2 N–H and O–H groups in total. The standard InChI is InChI=1S/C11H15N3O/c1-7-4-8(2)13-11(10(7)5-12)14-9(3)6-15/h4,9,15H,6H2,1-3H3,(H,13,14). The number of hydrogen-bond donors (Lipinski definition) is 2. The number of aliphatic hydroxyl groups excluding tert-OH is 1. The molecule has 0 radical (unpaired) electrons. The third kappa shape index (κ3) is 2.67. The fourth-order valence-corrected chi connectivity index (χ4v) is 1.36. The molecule has 4 nitrogen and oxygen atoms in total. The van der Waals surface area contributed by atoms with Gasteiger partial charge in [-0.25, -0.2) is 4.98 Å². The summed E-state index contributed by atoms with van der Waals surface area (Å²) in [5.74, 6) is 0.552. The number of rotatable bonds is 3. The highest BCUT2D eigenvalue weighted by Crippen LogP contribution is 2.18. The molecule has 0 spiro atoms. The van der Waals surface area contributed by atoms with Crippen molar-refractivity contribution in [3.8, 4) is 6.07 Å². The van der Waals surface area contributed by atoms with Crippen LogP contribution < -0.4 is 5.32 Å². The summed E-state index contributed by atoms with van der Waals surface area (Å²) in [6, 6.07) is 3.88. The lowest BCUT2D eigenvalue weighted by Gasteiger charge is -2.14.